The highest BCUT2D eigenvalue weighted by atomic mass is 16.6. The van der Waals surface area contributed by atoms with E-state index in [2.05, 4.69) is 11.9 Å². The average molecular weight is 318 g/mol. The summed E-state index contributed by atoms with van der Waals surface area (Å²) in [4.78, 5) is 16.1. The normalized spacial score (nSPS) is 24.6. The van der Waals surface area contributed by atoms with Gasteiger partial charge in [0.25, 0.3) is 0 Å². The molecule has 0 aliphatic carbocycles. The van der Waals surface area contributed by atoms with Crippen LogP contribution in [0.2, 0.25) is 0 Å². The van der Waals surface area contributed by atoms with E-state index in [1.807, 2.05) is 30.3 Å². The number of nitrogens with zero attached hydrogens (tertiary/aromatic N) is 2. The largest absolute Gasteiger partial charge is 0.445 e. The van der Waals surface area contributed by atoms with Crippen molar-refractivity contribution < 1.29 is 14.6 Å². The van der Waals surface area contributed by atoms with Gasteiger partial charge in [0.05, 0.1) is 5.60 Å². The Morgan fingerprint density at radius 1 is 1.26 bits per heavy atom. The van der Waals surface area contributed by atoms with Gasteiger partial charge in [-0.25, -0.2) is 4.79 Å². The second kappa shape index (κ2) is 6.89. The lowest BCUT2D eigenvalue weighted by Gasteiger charge is -2.43. The first-order chi connectivity index (χ1) is 11.1. The number of benzene rings is 1. The van der Waals surface area contributed by atoms with Crippen molar-refractivity contribution in [3.8, 4) is 0 Å². The summed E-state index contributed by atoms with van der Waals surface area (Å²) >= 11 is 0. The molecular weight excluding hydrogens is 292 g/mol. The lowest BCUT2D eigenvalue weighted by molar-refractivity contribution is -0.0685. The van der Waals surface area contributed by atoms with E-state index < -0.39 is 5.60 Å². The molecule has 0 aromatic heterocycles. The minimum atomic E-state index is -0.665. The molecule has 23 heavy (non-hydrogen) atoms. The van der Waals surface area contributed by atoms with Gasteiger partial charge >= 0.3 is 6.09 Å². The van der Waals surface area contributed by atoms with Crippen molar-refractivity contribution in [1.82, 2.24) is 9.80 Å². The van der Waals surface area contributed by atoms with E-state index in [-0.39, 0.29) is 12.1 Å². The number of carbonyl (C=O) groups is 1. The van der Waals surface area contributed by atoms with Crippen LogP contribution in [0.1, 0.15) is 31.2 Å². The monoisotopic (exact) mass is 318 g/mol. The van der Waals surface area contributed by atoms with Gasteiger partial charge in [0.1, 0.15) is 6.61 Å². The Balaban J connectivity index is 1.49. The molecule has 1 aromatic carbocycles. The third kappa shape index (κ3) is 3.67. The fourth-order valence-electron chi connectivity index (χ4n) is 3.81. The summed E-state index contributed by atoms with van der Waals surface area (Å²) in [6.07, 6.45) is 3.17. The zero-order chi connectivity index (χ0) is 16.3. The molecule has 5 nitrogen and oxygen atoms in total. The van der Waals surface area contributed by atoms with Crippen LogP contribution >= 0.6 is 0 Å². The zero-order valence-corrected chi connectivity index (χ0v) is 13.8. The number of aliphatic hydroxyl groups is 1. The standard InChI is InChI=1S/C18H26N2O3/c1-19-11-5-8-16(19)18(22)9-12-20(13-10-18)17(21)23-14-15-6-3-2-4-7-15/h2-4,6-7,16,22H,5,8-14H2,1H3. The molecule has 1 atom stereocenters. The molecule has 0 radical (unpaired) electrons. The second-order valence-electron chi connectivity index (χ2n) is 6.77. The quantitative estimate of drug-likeness (QED) is 0.929. The summed E-state index contributed by atoms with van der Waals surface area (Å²) < 4.78 is 5.38. The highest BCUT2D eigenvalue weighted by Crippen LogP contribution is 2.34. The van der Waals surface area contributed by atoms with Crippen molar-refractivity contribution in [2.24, 2.45) is 0 Å². The fourth-order valence-corrected chi connectivity index (χ4v) is 3.81. The van der Waals surface area contributed by atoms with Crippen molar-refractivity contribution in [3.63, 3.8) is 0 Å². The molecule has 1 amide bonds. The van der Waals surface area contributed by atoms with Gasteiger partial charge in [0, 0.05) is 19.1 Å². The third-order valence-electron chi connectivity index (χ3n) is 5.23. The van der Waals surface area contributed by atoms with E-state index in [1.165, 1.54) is 0 Å². The molecule has 0 spiro atoms. The summed E-state index contributed by atoms with van der Waals surface area (Å²) in [5.74, 6) is 0. The third-order valence-corrected chi connectivity index (χ3v) is 5.23. The van der Waals surface area contributed by atoms with Crippen LogP contribution in [0.4, 0.5) is 4.79 Å². The Hall–Kier alpha value is -1.59. The number of hydrogen-bond acceptors (Lipinski definition) is 4. The predicted octanol–water partition coefficient (Wildman–Crippen LogP) is 2.24. The van der Waals surface area contributed by atoms with E-state index in [0.29, 0.717) is 32.5 Å². The summed E-state index contributed by atoms with van der Waals surface area (Å²) in [6.45, 7) is 2.48. The minimum absolute atomic E-state index is 0.227. The number of likely N-dealkylation sites (N-methyl/N-ethyl adjacent to an activating group) is 1. The Kier molecular flexibility index (Phi) is 4.87. The van der Waals surface area contributed by atoms with Crippen LogP contribution in [0, 0.1) is 0 Å². The lowest BCUT2D eigenvalue weighted by Crippen LogP contribution is -2.55. The Bertz CT molecular complexity index is 526. The van der Waals surface area contributed by atoms with Gasteiger partial charge in [-0.2, -0.15) is 0 Å². The summed E-state index contributed by atoms with van der Waals surface area (Å²) in [5, 5.41) is 10.9. The Labute approximate surface area is 137 Å². The smallest absolute Gasteiger partial charge is 0.410 e. The van der Waals surface area contributed by atoms with E-state index >= 15 is 0 Å². The van der Waals surface area contributed by atoms with Gasteiger partial charge in [0.15, 0.2) is 0 Å². The first-order valence-electron chi connectivity index (χ1n) is 8.47. The van der Waals surface area contributed by atoms with E-state index in [1.54, 1.807) is 4.90 Å². The maximum atomic E-state index is 12.2. The van der Waals surface area contributed by atoms with Crippen LogP contribution < -0.4 is 0 Å². The van der Waals surface area contributed by atoms with Gasteiger partial charge in [-0.15, -0.1) is 0 Å². The molecule has 2 aliphatic heterocycles. The van der Waals surface area contributed by atoms with Gasteiger partial charge in [-0.1, -0.05) is 30.3 Å². The van der Waals surface area contributed by atoms with Crippen LogP contribution in [0.5, 0.6) is 0 Å². The van der Waals surface area contributed by atoms with Crippen LogP contribution in [-0.2, 0) is 11.3 Å². The fraction of sp³-hybridized carbons (Fsp3) is 0.611. The van der Waals surface area contributed by atoms with Crippen molar-refractivity contribution in [2.45, 2.75) is 43.9 Å². The first-order valence-corrected chi connectivity index (χ1v) is 8.47. The van der Waals surface area contributed by atoms with E-state index in [9.17, 15) is 9.90 Å². The molecule has 5 heteroatoms. The summed E-state index contributed by atoms with van der Waals surface area (Å²) in [7, 11) is 2.08. The van der Waals surface area contributed by atoms with E-state index in [4.69, 9.17) is 4.74 Å². The van der Waals surface area contributed by atoms with Gasteiger partial charge in [0.2, 0.25) is 0 Å². The molecule has 1 unspecified atom stereocenters. The van der Waals surface area contributed by atoms with Gasteiger partial charge in [-0.3, -0.25) is 0 Å². The molecule has 0 bridgehead atoms. The van der Waals surface area contributed by atoms with Crippen molar-refractivity contribution >= 4 is 6.09 Å². The highest BCUT2D eigenvalue weighted by molar-refractivity contribution is 5.67. The molecule has 1 N–H and O–H groups in total. The first kappa shape index (κ1) is 16.3. The van der Waals surface area contributed by atoms with Crippen LogP contribution in [0.3, 0.4) is 0 Å². The van der Waals surface area contributed by atoms with Crippen molar-refractivity contribution in [2.75, 3.05) is 26.7 Å². The number of rotatable bonds is 3. The SMILES string of the molecule is CN1CCCC1C1(O)CCN(C(=O)OCc2ccccc2)CC1. The molecule has 3 rings (SSSR count). The zero-order valence-electron chi connectivity index (χ0n) is 13.8. The molecule has 0 saturated carbocycles. The molecule has 2 aliphatic rings. The second-order valence-corrected chi connectivity index (χ2v) is 6.77. The van der Waals surface area contributed by atoms with Crippen LogP contribution in [0.15, 0.2) is 30.3 Å². The van der Waals surface area contributed by atoms with Crippen LogP contribution in [-0.4, -0.2) is 59.3 Å². The molecule has 2 saturated heterocycles. The van der Waals surface area contributed by atoms with Crippen molar-refractivity contribution in [1.29, 1.82) is 0 Å². The van der Waals surface area contributed by atoms with E-state index in [0.717, 1.165) is 24.9 Å². The van der Waals surface area contributed by atoms with Gasteiger partial charge < -0.3 is 19.6 Å². The molecule has 2 heterocycles. The predicted molar refractivity (Wildman–Crippen MR) is 88.0 cm³/mol. The number of carbonyl (C=O) groups excluding carboxylic acids is 1. The Morgan fingerprint density at radius 2 is 1.96 bits per heavy atom. The van der Waals surface area contributed by atoms with Crippen LogP contribution in [0.25, 0.3) is 0 Å². The maximum Gasteiger partial charge on any atom is 0.410 e. The summed E-state index contributed by atoms with van der Waals surface area (Å²) in [5.41, 5.74) is 0.323. The number of hydrogen-bond donors (Lipinski definition) is 1. The molecule has 1 aromatic rings. The maximum absolute atomic E-state index is 12.2. The average Bonchev–Trinajstić information content (AvgIpc) is 3.01. The molecular formula is C18H26N2O3. The van der Waals surface area contributed by atoms with Gasteiger partial charge in [-0.05, 0) is 44.8 Å². The minimum Gasteiger partial charge on any atom is -0.445 e. The number of likely N-dealkylation sites (tertiary alicyclic amines) is 2. The molecule has 126 valence electrons. The topological polar surface area (TPSA) is 53.0 Å². The summed E-state index contributed by atoms with van der Waals surface area (Å²) in [6, 6.07) is 9.92. The lowest BCUT2D eigenvalue weighted by atomic mass is 9.83. The van der Waals surface area contributed by atoms with Crippen molar-refractivity contribution in [3.05, 3.63) is 35.9 Å². The molecule has 2 fully saturated rings. The number of ether oxygens (including phenoxy) is 1. The number of piperidine rings is 1. The number of amides is 1. The Morgan fingerprint density at radius 3 is 2.57 bits per heavy atom. The highest BCUT2D eigenvalue weighted by Gasteiger charge is 2.44.